The molecule has 2 rings (SSSR count). The number of nitrogens with one attached hydrogen (secondary N) is 1. The van der Waals surface area contributed by atoms with Crippen LogP contribution in [0.5, 0.6) is 0 Å². The molecule has 1 N–H and O–H groups in total. The van der Waals surface area contributed by atoms with Crippen molar-refractivity contribution in [1.29, 1.82) is 0 Å². The van der Waals surface area contributed by atoms with Gasteiger partial charge < -0.3 is 5.32 Å². The number of hydrogen-bond donors (Lipinski definition) is 1. The van der Waals surface area contributed by atoms with Gasteiger partial charge in [0.25, 0.3) is 0 Å². The standard InChI is InChI=1S/C16H16BrF2NS/c1-20-12(9-14-15(18)6-3-7-16(14)19)10-21-13-5-2-4-11(17)8-13/h2-8,12,20H,9-10H2,1H3. The first kappa shape index (κ1) is 16.5. The summed E-state index contributed by atoms with van der Waals surface area (Å²) in [6, 6.07) is 12.0. The normalized spacial score (nSPS) is 12.4. The van der Waals surface area contributed by atoms with Crippen molar-refractivity contribution >= 4 is 27.7 Å². The molecular weight excluding hydrogens is 356 g/mol. The van der Waals surface area contributed by atoms with Crippen LogP contribution in [0, 0.1) is 11.6 Å². The second-order valence-corrected chi connectivity index (χ2v) is 6.67. The summed E-state index contributed by atoms with van der Waals surface area (Å²) in [5.41, 5.74) is 0.145. The van der Waals surface area contributed by atoms with E-state index >= 15 is 0 Å². The van der Waals surface area contributed by atoms with Gasteiger partial charge in [-0.15, -0.1) is 11.8 Å². The van der Waals surface area contributed by atoms with E-state index in [0.29, 0.717) is 6.42 Å². The highest BCUT2D eigenvalue weighted by molar-refractivity contribution is 9.10. The molecule has 0 aliphatic heterocycles. The van der Waals surface area contributed by atoms with Crippen LogP contribution in [0.3, 0.4) is 0 Å². The molecule has 0 heterocycles. The summed E-state index contributed by atoms with van der Waals surface area (Å²) in [5.74, 6) is -0.230. The number of halogens is 3. The fraction of sp³-hybridized carbons (Fsp3) is 0.250. The molecule has 1 nitrogen and oxygen atoms in total. The van der Waals surface area contributed by atoms with Crippen LogP contribution in [0.15, 0.2) is 51.8 Å². The van der Waals surface area contributed by atoms with Crippen molar-refractivity contribution in [3.8, 4) is 0 Å². The van der Waals surface area contributed by atoms with E-state index in [1.54, 1.807) is 11.8 Å². The zero-order valence-corrected chi connectivity index (χ0v) is 14.0. The first-order valence-electron chi connectivity index (χ1n) is 6.58. The Kier molecular flexibility index (Phi) is 6.21. The van der Waals surface area contributed by atoms with Crippen LogP contribution in [-0.4, -0.2) is 18.8 Å². The lowest BCUT2D eigenvalue weighted by Crippen LogP contribution is -2.30. The molecule has 1 unspecified atom stereocenters. The van der Waals surface area contributed by atoms with E-state index in [2.05, 4.69) is 21.2 Å². The van der Waals surface area contributed by atoms with Crippen molar-refractivity contribution < 1.29 is 8.78 Å². The first-order chi connectivity index (χ1) is 10.1. The van der Waals surface area contributed by atoms with Crippen LogP contribution < -0.4 is 5.32 Å². The van der Waals surface area contributed by atoms with E-state index in [9.17, 15) is 8.78 Å². The van der Waals surface area contributed by atoms with Gasteiger partial charge in [-0.05, 0) is 43.8 Å². The Balaban J connectivity index is 2.00. The Morgan fingerprint density at radius 3 is 2.43 bits per heavy atom. The smallest absolute Gasteiger partial charge is 0.129 e. The quantitative estimate of drug-likeness (QED) is 0.741. The molecule has 0 radical (unpaired) electrons. The van der Waals surface area contributed by atoms with Crippen LogP contribution in [-0.2, 0) is 6.42 Å². The fourth-order valence-electron chi connectivity index (χ4n) is 1.97. The molecule has 2 aromatic rings. The van der Waals surface area contributed by atoms with Crippen molar-refractivity contribution in [3.05, 3.63) is 64.1 Å². The molecule has 0 amide bonds. The van der Waals surface area contributed by atoms with E-state index < -0.39 is 11.6 Å². The van der Waals surface area contributed by atoms with Crippen LogP contribution in [0.4, 0.5) is 8.78 Å². The lowest BCUT2D eigenvalue weighted by molar-refractivity contribution is 0.524. The Hall–Kier alpha value is -0.910. The van der Waals surface area contributed by atoms with E-state index in [4.69, 9.17) is 0 Å². The van der Waals surface area contributed by atoms with E-state index in [1.165, 1.54) is 18.2 Å². The van der Waals surface area contributed by atoms with Gasteiger partial charge in [0, 0.05) is 26.7 Å². The summed E-state index contributed by atoms with van der Waals surface area (Å²) in [4.78, 5) is 1.12. The van der Waals surface area contributed by atoms with Crippen molar-refractivity contribution in [2.45, 2.75) is 17.4 Å². The Labute approximate surface area is 136 Å². The molecule has 0 saturated carbocycles. The van der Waals surface area contributed by atoms with Gasteiger partial charge in [-0.2, -0.15) is 0 Å². The largest absolute Gasteiger partial charge is 0.316 e. The van der Waals surface area contributed by atoms with Crippen LogP contribution in [0.2, 0.25) is 0 Å². The number of hydrogen-bond acceptors (Lipinski definition) is 2. The Bertz CT molecular complexity index is 586. The lowest BCUT2D eigenvalue weighted by atomic mass is 10.1. The van der Waals surface area contributed by atoms with Crippen LogP contribution in [0.25, 0.3) is 0 Å². The summed E-state index contributed by atoms with van der Waals surface area (Å²) in [6.07, 6.45) is 0.329. The molecule has 0 aliphatic carbocycles. The van der Waals surface area contributed by atoms with E-state index in [1.807, 2.05) is 31.3 Å². The molecule has 112 valence electrons. The Morgan fingerprint density at radius 2 is 1.81 bits per heavy atom. The second-order valence-electron chi connectivity index (χ2n) is 4.66. The average Bonchev–Trinajstić information content (AvgIpc) is 2.46. The van der Waals surface area contributed by atoms with Crippen LogP contribution >= 0.6 is 27.7 Å². The third-order valence-electron chi connectivity index (χ3n) is 3.17. The number of likely N-dealkylation sites (N-methyl/N-ethyl adjacent to an activating group) is 1. The molecule has 1 atom stereocenters. The SMILES string of the molecule is CNC(CSc1cccc(Br)c1)Cc1c(F)cccc1F. The van der Waals surface area contributed by atoms with E-state index in [-0.39, 0.29) is 11.6 Å². The summed E-state index contributed by atoms with van der Waals surface area (Å²) >= 11 is 5.09. The van der Waals surface area contributed by atoms with Gasteiger partial charge in [0.2, 0.25) is 0 Å². The minimum atomic E-state index is -0.484. The molecule has 21 heavy (non-hydrogen) atoms. The van der Waals surface area contributed by atoms with Crippen molar-refractivity contribution in [1.82, 2.24) is 5.32 Å². The number of benzene rings is 2. The van der Waals surface area contributed by atoms with Gasteiger partial charge in [0.05, 0.1) is 0 Å². The van der Waals surface area contributed by atoms with Crippen LogP contribution in [0.1, 0.15) is 5.56 Å². The van der Waals surface area contributed by atoms with Gasteiger partial charge >= 0.3 is 0 Å². The van der Waals surface area contributed by atoms with Crippen molar-refractivity contribution in [2.75, 3.05) is 12.8 Å². The van der Waals surface area contributed by atoms with Gasteiger partial charge in [-0.1, -0.05) is 28.1 Å². The molecular formula is C16H16BrF2NS. The third kappa shape index (κ3) is 4.80. The maximum absolute atomic E-state index is 13.7. The van der Waals surface area contributed by atoms with Gasteiger partial charge in [0.1, 0.15) is 11.6 Å². The fourth-order valence-corrected chi connectivity index (χ4v) is 3.59. The molecule has 0 fully saturated rings. The van der Waals surface area contributed by atoms with Gasteiger partial charge in [-0.3, -0.25) is 0 Å². The molecule has 5 heteroatoms. The monoisotopic (exact) mass is 371 g/mol. The highest BCUT2D eigenvalue weighted by Crippen LogP contribution is 2.24. The zero-order valence-electron chi connectivity index (χ0n) is 11.6. The van der Waals surface area contributed by atoms with Crippen molar-refractivity contribution in [3.63, 3.8) is 0 Å². The zero-order chi connectivity index (χ0) is 15.2. The minimum Gasteiger partial charge on any atom is -0.316 e. The second kappa shape index (κ2) is 7.92. The van der Waals surface area contributed by atoms with Gasteiger partial charge in [0.15, 0.2) is 0 Å². The highest BCUT2D eigenvalue weighted by Gasteiger charge is 2.15. The Morgan fingerprint density at radius 1 is 1.14 bits per heavy atom. The average molecular weight is 372 g/mol. The summed E-state index contributed by atoms with van der Waals surface area (Å²) in [7, 11) is 1.81. The lowest BCUT2D eigenvalue weighted by Gasteiger charge is -2.17. The highest BCUT2D eigenvalue weighted by atomic mass is 79.9. The maximum Gasteiger partial charge on any atom is 0.129 e. The van der Waals surface area contributed by atoms with Crippen molar-refractivity contribution in [2.24, 2.45) is 0 Å². The van der Waals surface area contributed by atoms with Gasteiger partial charge in [-0.25, -0.2) is 8.78 Å². The van der Waals surface area contributed by atoms with E-state index in [0.717, 1.165) is 15.1 Å². The predicted octanol–water partition coefficient (Wildman–Crippen LogP) is 4.65. The third-order valence-corrected chi connectivity index (χ3v) is 4.82. The summed E-state index contributed by atoms with van der Waals surface area (Å²) in [5, 5.41) is 3.12. The maximum atomic E-state index is 13.7. The minimum absolute atomic E-state index is 0.000353. The molecule has 0 bridgehead atoms. The summed E-state index contributed by atoms with van der Waals surface area (Å²) in [6.45, 7) is 0. The number of thioether (sulfide) groups is 1. The molecule has 2 aromatic carbocycles. The first-order valence-corrected chi connectivity index (χ1v) is 8.36. The summed E-state index contributed by atoms with van der Waals surface area (Å²) < 4.78 is 28.4. The predicted molar refractivity (Wildman–Crippen MR) is 87.8 cm³/mol. The topological polar surface area (TPSA) is 12.0 Å². The number of rotatable bonds is 6. The molecule has 0 spiro atoms. The molecule has 0 aliphatic rings. The molecule has 0 saturated heterocycles. The molecule has 0 aromatic heterocycles.